The van der Waals surface area contributed by atoms with Gasteiger partial charge < -0.3 is 9.64 Å². The molecule has 0 saturated heterocycles. The zero-order chi connectivity index (χ0) is 18.1. The fraction of sp³-hybridized carbons (Fsp3) is 0.200. The van der Waals surface area contributed by atoms with Gasteiger partial charge in [0.2, 0.25) is 0 Å². The van der Waals surface area contributed by atoms with Crippen LogP contribution in [0.5, 0.6) is 5.75 Å². The summed E-state index contributed by atoms with van der Waals surface area (Å²) in [6.07, 6.45) is 4.39. The molecule has 2 heterocycles. The first-order valence-corrected chi connectivity index (χ1v) is 8.41. The Labute approximate surface area is 150 Å². The van der Waals surface area contributed by atoms with Gasteiger partial charge in [-0.25, -0.2) is 9.07 Å². The van der Waals surface area contributed by atoms with Gasteiger partial charge in [0.1, 0.15) is 11.6 Å². The summed E-state index contributed by atoms with van der Waals surface area (Å²) < 4.78 is 20.2. The molecule has 0 unspecified atom stereocenters. The van der Waals surface area contributed by atoms with Gasteiger partial charge in [-0.05, 0) is 48.0 Å². The largest absolute Gasteiger partial charge is 0.493 e. The van der Waals surface area contributed by atoms with E-state index in [9.17, 15) is 9.18 Å². The number of amides is 1. The molecule has 1 aliphatic heterocycles. The van der Waals surface area contributed by atoms with Gasteiger partial charge in [-0.3, -0.25) is 4.79 Å². The molecule has 0 bridgehead atoms. The molecule has 26 heavy (non-hydrogen) atoms. The van der Waals surface area contributed by atoms with Crippen LogP contribution in [0.25, 0.3) is 5.69 Å². The lowest BCUT2D eigenvalue weighted by molar-refractivity contribution is 0.0785. The van der Waals surface area contributed by atoms with Crippen LogP contribution in [0.1, 0.15) is 21.5 Å². The molecule has 132 valence electrons. The number of carbonyl (C=O) groups excluding carboxylic acids is 1. The van der Waals surface area contributed by atoms with E-state index in [1.807, 2.05) is 18.3 Å². The third-order valence-electron chi connectivity index (χ3n) is 4.43. The van der Waals surface area contributed by atoms with Crippen LogP contribution < -0.4 is 4.74 Å². The minimum absolute atomic E-state index is 0.0470. The maximum Gasteiger partial charge on any atom is 0.253 e. The van der Waals surface area contributed by atoms with Crippen LogP contribution in [0.3, 0.4) is 0 Å². The fourth-order valence-corrected chi connectivity index (χ4v) is 3.06. The molecule has 1 aromatic heterocycles. The Hall–Kier alpha value is -3.15. The van der Waals surface area contributed by atoms with Gasteiger partial charge in [0, 0.05) is 37.3 Å². The molecule has 3 aromatic rings. The number of benzene rings is 2. The fourth-order valence-electron chi connectivity index (χ4n) is 3.06. The predicted molar refractivity (Wildman–Crippen MR) is 95.0 cm³/mol. The summed E-state index contributed by atoms with van der Waals surface area (Å²) >= 11 is 0. The van der Waals surface area contributed by atoms with Gasteiger partial charge in [0.15, 0.2) is 0 Å². The highest BCUT2D eigenvalue weighted by Crippen LogP contribution is 2.26. The quantitative estimate of drug-likeness (QED) is 0.725. The zero-order valence-corrected chi connectivity index (χ0v) is 14.4. The van der Waals surface area contributed by atoms with Crippen LogP contribution in [0.2, 0.25) is 0 Å². The average molecular weight is 351 g/mol. The molecular weight excluding hydrogens is 333 g/mol. The van der Waals surface area contributed by atoms with E-state index >= 15 is 0 Å². The van der Waals surface area contributed by atoms with E-state index in [1.54, 1.807) is 41.0 Å². The van der Waals surface area contributed by atoms with Crippen molar-refractivity contribution in [3.63, 3.8) is 0 Å². The highest BCUT2D eigenvalue weighted by atomic mass is 19.1. The van der Waals surface area contributed by atoms with E-state index < -0.39 is 0 Å². The molecule has 0 atom stereocenters. The van der Waals surface area contributed by atoms with E-state index in [2.05, 4.69) is 5.10 Å². The van der Waals surface area contributed by atoms with Gasteiger partial charge in [0.25, 0.3) is 5.91 Å². The number of hydrogen-bond acceptors (Lipinski definition) is 3. The van der Waals surface area contributed by atoms with Gasteiger partial charge in [0.05, 0.1) is 18.5 Å². The molecule has 5 nitrogen and oxygen atoms in total. The average Bonchev–Trinajstić information content (AvgIpc) is 3.30. The molecule has 0 fully saturated rings. The van der Waals surface area contributed by atoms with Crippen LogP contribution in [0.15, 0.2) is 54.9 Å². The summed E-state index contributed by atoms with van der Waals surface area (Å²) in [4.78, 5) is 14.3. The smallest absolute Gasteiger partial charge is 0.253 e. The molecule has 0 spiro atoms. The summed E-state index contributed by atoms with van der Waals surface area (Å²) in [5, 5.41) is 4.29. The third kappa shape index (κ3) is 3.18. The molecular formula is C20H18FN3O2. The maximum absolute atomic E-state index is 13.0. The second kappa shape index (κ2) is 6.63. The predicted octanol–water partition coefficient (Wildman–Crippen LogP) is 3.22. The Morgan fingerprint density at radius 2 is 2.08 bits per heavy atom. The van der Waals surface area contributed by atoms with E-state index in [1.165, 1.54) is 12.1 Å². The number of carbonyl (C=O) groups is 1. The Morgan fingerprint density at radius 1 is 1.27 bits per heavy atom. The molecule has 1 amide bonds. The van der Waals surface area contributed by atoms with Crippen molar-refractivity contribution in [1.82, 2.24) is 14.7 Å². The number of halogens is 1. The van der Waals surface area contributed by atoms with Crippen LogP contribution in [-0.4, -0.2) is 34.2 Å². The molecule has 6 heteroatoms. The summed E-state index contributed by atoms with van der Waals surface area (Å²) in [6.45, 7) is 1.11. The maximum atomic E-state index is 13.0. The SMILES string of the molecule is CN(Cc1cnn(-c2ccc(F)cc2)c1)C(=O)c1ccc2c(c1)CCO2. The monoisotopic (exact) mass is 351 g/mol. The van der Waals surface area contributed by atoms with Crippen LogP contribution in [0.4, 0.5) is 4.39 Å². The lowest BCUT2D eigenvalue weighted by atomic mass is 10.1. The number of rotatable bonds is 4. The van der Waals surface area contributed by atoms with Crippen molar-refractivity contribution < 1.29 is 13.9 Å². The first-order chi connectivity index (χ1) is 12.6. The van der Waals surface area contributed by atoms with Crippen molar-refractivity contribution in [2.45, 2.75) is 13.0 Å². The Balaban J connectivity index is 1.47. The van der Waals surface area contributed by atoms with E-state index in [0.717, 1.165) is 29.0 Å². The third-order valence-corrected chi connectivity index (χ3v) is 4.43. The molecule has 0 radical (unpaired) electrons. The van der Waals surface area contributed by atoms with E-state index in [-0.39, 0.29) is 11.7 Å². The second-order valence-corrected chi connectivity index (χ2v) is 6.35. The highest BCUT2D eigenvalue weighted by molar-refractivity contribution is 5.94. The summed E-state index contributed by atoms with van der Waals surface area (Å²) in [5.41, 5.74) is 3.40. The van der Waals surface area contributed by atoms with Gasteiger partial charge in [-0.1, -0.05) is 0 Å². The Morgan fingerprint density at radius 3 is 2.88 bits per heavy atom. The van der Waals surface area contributed by atoms with Gasteiger partial charge in [-0.2, -0.15) is 5.10 Å². The number of hydrogen-bond donors (Lipinski definition) is 0. The molecule has 0 N–H and O–H groups in total. The van der Waals surface area contributed by atoms with Crippen LogP contribution in [0, 0.1) is 5.82 Å². The van der Waals surface area contributed by atoms with Gasteiger partial charge >= 0.3 is 0 Å². The summed E-state index contributed by atoms with van der Waals surface area (Å²) in [7, 11) is 1.77. The number of aromatic nitrogens is 2. The number of fused-ring (bicyclic) bond motifs is 1. The molecule has 4 rings (SSSR count). The highest BCUT2D eigenvalue weighted by Gasteiger charge is 2.18. The summed E-state index contributed by atoms with van der Waals surface area (Å²) in [6, 6.07) is 11.7. The van der Waals surface area contributed by atoms with Gasteiger partial charge in [-0.15, -0.1) is 0 Å². The van der Waals surface area contributed by atoms with Crippen molar-refractivity contribution in [3.05, 3.63) is 77.4 Å². The topological polar surface area (TPSA) is 47.4 Å². The second-order valence-electron chi connectivity index (χ2n) is 6.35. The standard InChI is InChI=1S/C20H18FN3O2/c1-23(20(25)16-2-7-19-15(10-16)8-9-26-19)12-14-11-22-24(13-14)18-5-3-17(21)4-6-18/h2-7,10-11,13H,8-9,12H2,1H3. The van der Waals surface area contributed by atoms with Crippen molar-refractivity contribution in [3.8, 4) is 11.4 Å². The zero-order valence-electron chi connectivity index (χ0n) is 14.4. The first-order valence-electron chi connectivity index (χ1n) is 8.41. The van der Waals surface area contributed by atoms with Crippen molar-refractivity contribution in [1.29, 1.82) is 0 Å². The summed E-state index contributed by atoms with van der Waals surface area (Å²) in [5.74, 6) is 0.533. The van der Waals surface area contributed by atoms with Crippen molar-refractivity contribution in [2.75, 3.05) is 13.7 Å². The first kappa shape index (κ1) is 16.3. The van der Waals surface area contributed by atoms with Crippen LogP contribution >= 0.6 is 0 Å². The lowest BCUT2D eigenvalue weighted by Gasteiger charge is -2.16. The molecule has 0 aliphatic carbocycles. The minimum Gasteiger partial charge on any atom is -0.493 e. The molecule has 2 aromatic carbocycles. The number of ether oxygens (including phenoxy) is 1. The Kier molecular flexibility index (Phi) is 4.16. The van der Waals surface area contributed by atoms with E-state index in [4.69, 9.17) is 4.74 Å². The van der Waals surface area contributed by atoms with Crippen molar-refractivity contribution in [2.24, 2.45) is 0 Å². The minimum atomic E-state index is -0.286. The molecule has 1 aliphatic rings. The molecule has 0 saturated carbocycles. The number of nitrogens with zero attached hydrogens (tertiary/aromatic N) is 3. The van der Waals surface area contributed by atoms with Crippen LogP contribution in [-0.2, 0) is 13.0 Å². The normalized spacial score (nSPS) is 12.5. The van der Waals surface area contributed by atoms with Crippen molar-refractivity contribution >= 4 is 5.91 Å². The lowest BCUT2D eigenvalue weighted by Crippen LogP contribution is -2.26. The van der Waals surface area contributed by atoms with E-state index in [0.29, 0.717) is 18.7 Å². The Bertz CT molecular complexity index is 950.